The van der Waals surface area contributed by atoms with Crippen LogP contribution in [0.1, 0.15) is 77.2 Å². The minimum atomic E-state index is 0.0300. The molecule has 27 heavy (non-hydrogen) atoms. The molecule has 0 N–H and O–H groups in total. The molecule has 3 heteroatoms. The Balaban J connectivity index is 2.58. The van der Waals surface area contributed by atoms with E-state index in [2.05, 4.69) is 58.9 Å². The van der Waals surface area contributed by atoms with Gasteiger partial charge in [0.25, 0.3) is 0 Å². The molecule has 1 heterocycles. The van der Waals surface area contributed by atoms with Gasteiger partial charge in [0.1, 0.15) is 5.75 Å². The minimum absolute atomic E-state index is 0.0300. The van der Waals surface area contributed by atoms with Gasteiger partial charge in [-0.2, -0.15) is 0 Å². The number of benzene rings is 1. The molecule has 0 bridgehead atoms. The van der Waals surface area contributed by atoms with Crippen LogP contribution in [0.4, 0.5) is 0 Å². The Hall–Kier alpha value is -1.87. The van der Waals surface area contributed by atoms with Gasteiger partial charge in [0, 0.05) is 30.0 Å². The zero-order valence-corrected chi connectivity index (χ0v) is 17.8. The molecule has 1 atom stereocenters. The molecular weight excluding hydrogens is 334 g/mol. The third-order valence-electron chi connectivity index (χ3n) is 4.78. The quantitative estimate of drug-likeness (QED) is 0.476. The lowest BCUT2D eigenvalue weighted by molar-refractivity contribution is 0.0523. The van der Waals surface area contributed by atoms with Gasteiger partial charge in [-0.25, -0.2) is 0 Å². The molecule has 1 aromatic heterocycles. The highest BCUT2D eigenvalue weighted by atomic mass is 16.5. The van der Waals surface area contributed by atoms with E-state index in [-0.39, 0.29) is 12.2 Å². The van der Waals surface area contributed by atoms with Crippen molar-refractivity contribution < 1.29 is 9.47 Å². The Morgan fingerprint density at radius 1 is 1.00 bits per heavy atom. The number of hydrogen-bond donors (Lipinski definition) is 0. The van der Waals surface area contributed by atoms with Crippen molar-refractivity contribution in [2.24, 2.45) is 0 Å². The Kier molecular flexibility index (Phi) is 8.30. The first-order chi connectivity index (χ1) is 13.0. The van der Waals surface area contributed by atoms with Gasteiger partial charge in [0.15, 0.2) is 0 Å². The average molecular weight is 370 g/mol. The molecule has 0 aliphatic heterocycles. The Morgan fingerprint density at radius 2 is 1.67 bits per heavy atom. The predicted molar refractivity (Wildman–Crippen MR) is 113 cm³/mol. The molecule has 3 nitrogen and oxygen atoms in total. The maximum atomic E-state index is 6.21. The molecule has 0 aliphatic rings. The second kappa shape index (κ2) is 10.5. The molecule has 0 spiro atoms. The lowest BCUT2D eigenvalue weighted by Gasteiger charge is -2.22. The van der Waals surface area contributed by atoms with Gasteiger partial charge in [0.05, 0.1) is 17.9 Å². The smallest absolute Gasteiger partial charge is 0.129 e. The zero-order valence-electron chi connectivity index (χ0n) is 17.8. The molecule has 0 saturated heterocycles. The number of aromatic nitrogens is 1. The molecule has 0 fully saturated rings. The first-order valence-electron chi connectivity index (χ1n) is 10.4. The first-order valence-corrected chi connectivity index (χ1v) is 10.4. The summed E-state index contributed by atoms with van der Waals surface area (Å²) in [5, 5.41) is 0. The summed E-state index contributed by atoms with van der Waals surface area (Å²) in [5.74, 6) is 0.898. The number of hydrogen-bond acceptors (Lipinski definition) is 3. The third-order valence-corrected chi connectivity index (χ3v) is 4.78. The van der Waals surface area contributed by atoms with Crippen LogP contribution in [0.15, 0.2) is 30.5 Å². The van der Waals surface area contributed by atoms with Crippen LogP contribution in [0.5, 0.6) is 5.75 Å². The van der Waals surface area contributed by atoms with E-state index < -0.39 is 0 Å². The molecule has 0 saturated carbocycles. The first kappa shape index (κ1) is 21.4. The lowest BCUT2D eigenvalue weighted by Crippen LogP contribution is -2.12. The van der Waals surface area contributed by atoms with Gasteiger partial charge in [-0.05, 0) is 51.2 Å². The topological polar surface area (TPSA) is 31.4 Å². The van der Waals surface area contributed by atoms with Crippen LogP contribution in [0, 0.1) is 0 Å². The van der Waals surface area contributed by atoms with E-state index in [0.717, 1.165) is 42.7 Å². The van der Waals surface area contributed by atoms with E-state index in [1.54, 1.807) is 0 Å². The number of ether oxygens (including phenoxy) is 2. The van der Waals surface area contributed by atoms with Gasteiger partial charge in [-0.15, -0.1) is 0 Å². The van der Waals surface area contributed by atoms with Crippen LogP contribution < -0.4 is 4.74 Å². The van der Waals surface area contributed by atoms with Crippen molar-refractivity contribution in [3.05, 3.63) is 47.2 Å². The van der Waals surface area contributed by atoms with Crippen molar-refractivity contribution in [3.63, 3.8) is 0 Å². The summed E-state index contributed by atoms with van der Waals surface area (Å²) in [4.78, 5) is 4.86. The van der Waals surface area contributed by atoms with E-state index >= 15 is 0 Å². The summed E-state index contributed by atoms with van der Waals surface area (Å²) in [7, 11) is 0. The number of aryl methyl sites for hydroxylation is 2. The van der Waals surface area contributed by atoms with E-state index in [9.17, 15) is 0 Å². The maximum absolute atomic E-state index is 6.21. The van der Waals surface area contributed by atoms with Gasteiger partial charge in [-0.3, -0.25) is 4.98 Å². The summed E-state index contributed by atoms with van der Waals surface area (Å²) < 4.78 is 12.2. The lowest BCUT2D eigenvalue weighted by atomic mass is 9.94. The highest BCUT2D eigenvalue weighted by Crippen LogP contribution is 2.36. The SMILES string of the molecule is CCCC(OCC)c1cnc(-c2c(CC)cccc2CC)cc1OC(C)C. The van der Waals surface area contributed by atoms with Gasteiger partial charge >= 0.3 is 0 Å². The van der Waals surface area contributed by atoms with Crippen molar-refractivity contribution in [1.29, 1.82) is 0 Å². The van der Waals surface area contributed by atoms with E-state index in [1.807, 2.05) is 13.1 Å². The van der Waals surface area contributed by atoms with Crippen LogP contribution in [0.25, 0.3) is 11.3 Å². The molecule has 0 amide bonds. The van der Waals surface area contributed by atoms with Crippen LogP contribution in [-0.4, -0.2) is 17.7 Å². The molecule has 1 unspecified atom stereocenters. The summed E-state index contributed by atoms with van der Waals surface area (Å²) in [6.45, 7) is 13.4. The molecule has 2 aromatic rings. The number of nitrogens with zero attached hydrogens (tertiary/aromatic N) is 1. The number of rotatable bonds is 10. The Labute approximate surface area is 165 Å². The van der Waals surface area contributed by atoms with Gasteiger partial charge in [-0.1, -0.05) is 45.4 Å². The van der Waals surface area contributed by atoms with Crippen molar-refractivity contribution in [2.75, 3.05) is 6.61 Å². The number of pyridine rings is 1. The van der Waals surface area contributed by atoms with E-state index in [4.69, 9.17) is 14.5 Å². The monoisotopic (exact) mass is 369 g/mol. The molecule has 1 aromatic carbocycles. The highest BCUT2D eigenvalue weighted by molar-refractivity contribution is 5.69. The zero-order chi connectivity index (χ0) is 19.8. The summed E-state index contributed by atoms with van der Waals surface area (Å²) in [6, 6.07) is 8.67. The van der Waals surface area contributed by atoms with Crippen molar-refractivity contribution in [2.45, 2.75) is 79.4 Å². The second-order valence-corrected chi connectivity index (χ2v) is 7.17. The molecule has 148 valence electrons. The largest absolute Gasteiger partial charge is 0.490 e. The van der Waals surface area contributed by atoms with Gasteiger partial charge in [0.2, 0.25) is 0 Å². The second-order valence-electron chi connectivity index (χ2n) is 7.17. The van der Waals surface area contributed by atoms with E-state index in [0.29, 0.717) is 6.61 Å². The standard InChI is InChI=1S/C24H35NO2/c1-7-12-22(26-10-4)20-16-25-21(15-23(20)27-17(5)6)24-18(8-2)13-11-14-19(24)9-3/h11,13-17,22H,7-10,12H2,1-6H3. The summed E-state index contributed by atoms with van der Waals surface area (Å²) in [6.07, 6.45) is 6.11. The minimum Gasteiger partial charge on any atom is -0.490 e. The van der Waals surface area contributed by atoms with Gasteiger partial charge < -0.3 is 9.47 Å². The van der Waals surface area contributed by atoms with Crippen molar-refractivity contribution in [3.8, 4) is 17.0 Å². The van der Waals surface area contributed by atoms with E-state index in [1.165, 1.54) is 16.7 Å². The fourth-order valence-corrected chi connectivity index (χ4v) is 3.55. The van der Waals surface area contributed by atoms with Crippen molar-refractivity contribution >= 4 is 0 Å². The van der Waals surface area contributed by atoms with Crippen LogP contribution in [0.2, 0.25) is 0 Å². The third kappa shape index (κ3) is 5.32. The molecule has 0 aliphatic carbocycles. The summed E-state index contributed by atoms with van der Waals surface area (Å²) in [5.41, 5.74) is 5.98. The van der Waals surface area contributed by atoms with Crippen LogP contribution >= 0.6 is 0 Å². The highest BCUT2D eigenvalue weighted by Gasteiger charge is 2.20. The van der Waals surface area contributed by atoms with Crippen LogP contribution in [0.3, 0.4) is 0 Å². The van der Waals surface area contributed by atoms with Crippen LogP contribution in [-0.2, 0) is 17.6 Å². The molecule has 2 rings (SSSR count). The fraction of sp³-hybridized carbons (Fsp3) is 0.542. The van der Waals surface area contributed by atoms with Crippen molar-refractivity contribution in [1.82, 2.24) is 4.98 Å². The Bertz CT molecular complexity index is 696. The fourth-order valence-electron chi connectivity index (χ4n) is 3.55. The Morgan fingerprint density at radius 3 is 2.19 bits per heavy atom. The predicted octanol–water partition coefficient (Wildman–Crippen LogP) is 6.54. The molecule has 0 radical (unpaired) electrons. The average Bonchev–Trinajstić information content (AvgIpc) is 2.66. The maximum Gasteiger partial charge on any atom is 0.129 e. The normalized spacial score (nSPS) is 12.4. The molecular formula is C24H35NO2. The summed E-state index contributed by atoms with van der Waals surface area (Å²) >= 11 is 0.